The molecule has 0 spiro atoms. The van der Waals surface area contributed by atoms with Crippen LogP contribution in [0.5, 0.6) is 17.2 Å². The minimum Gasteiger partial charge on any atom is -0.488 e. The zero-order chi connectivity index (χ0) is 14.8. The Morgan fingerprint density at radius 2 is 1.67 bits per heavy atom. The molecule has 0 aliphatic carbocycles. The van der Waals surface area contributed by atoms with Crippen LogP contribution < -0.4 is 19.9 Å². The van der Waals surface area contributed by atoms with Gasteiger partial charge >= 0.3 is 0 Å². The van der Waals surface area contributed by atoms with E-state index in [-0.39, 0.29) is 19.9 Å². The first-order chi connectivity index (χ1) is 10.2. The lowest BCUT2D eigenvalue weighted by molar-refractivity contribution is 0.173. The Bertz CT molecular complexity index is 656. The van der Waals surface area contributed by atoms with Gasteiger partial charge in [0, 0.05) is 24.2 Å². The summed E-state index contributed by atoms with van der Waals surface area (Å²) in [6.45, 7) is 0.433. The molecule has 0 radical (unpaired) electrons. The predicted molar refractivity (Wildman–Crippen MR) is 71.1 cm³/mol. The van der Waals surface area contributed by atoms with Crippen molar-refractivity contribution in [2.75, 3.05) is 6.79 Å². The van der Waals surface area contributed by atoms with Gasteiger partial charge < -0.3 is 19.9 Å². The second-order valence-corrected chi connectivity index (χ2v) is 4.58. The Labute approximate surface area is 120 Å². The SMILES string of the molecule is NCc1cc2c(cc1OCc1cc(F)cc(F)c1)OCO2. The molecule has 1 aliphatic heterocycles. The van der Waals surface area contributed by atoms with Crippen LogP contribution in [-0.4, -0.2) is 6.79 Å². The molecule has 0 bridgehead atoms. The van der Waals surface area contributed by atoms with Crippen molar-refractivity contribution >= 4 is 0 Å². The number of hydrogen-bond acceptors (Lipinski definition) is 4. The molecular weight excluding hydrogens is 280 g/mol. The van der Waals surface area contributed by atoms with Crippen molar-refractivity contribution in [2.45, 2.75) is 13.2 Å². The number of fused-ring (bicyclic) bond motifs is 1. The second kappa shape index (κ2) is 5.57. The molecule has 1 aliphatic rings. The Kier molecular flexibility index (Phi) is 3.62. The molecule has 4 nitrogen and oxygen atoms in total. The molecule has 2 aromatic carbocycles. The van der Waals surface area contributed by atoms with E-state index in [1.54, 1.807) is 12.1 Å². The van der Waals surface area contributed by atoms with Crippen molar-refractivity contribution in [1.29, 1.82) is 0 Å². The van der Waals surface area contributed by atoms with Crippen LogP contribution in [0.3, 0.4) is 0 Å². The van der Waals surface area contributed by atoms with E-state index in [9.17, 15) is 8.78 Å². The Morgan fingerprint density at radius 3 is 2.33 bits per heavy atom. The van der Waals surface area contributed by atoms with E-state index in [0.717, 1.165) is 11.6 Å². The maximum Gasteiger partial charge on any atom is 0.231 e. The maximum absolute atomic E-state index is 13.1. The maximum atomic E-state index is 13.1. The standard InChI is InChI=1S/C15H13F2NO3/c16-11-1-9(2-12(17)4-11)7-19-13-5-15-14(20-8-21-15)3-10(13)6-18/h1-5H,6-8,18H2. The van der Waals surface area contributed by atoms with Gasteiger partial charge in [-0.15, -0.1) is 0 Å². The normalized spacial score (nSPS) is 12.5. The largest absolute Gasteiger partial charge is 0.488 e. The third kappa shape index (κ3) is 2.90. The molecule has 0 unspecified atom stereocenters. The van der Waals surface area contributed by atoms with Gasteiger partial charge in [0.25, 0.3) is 0 Å². The first-order valence-electron chi connectivity index (χ1n) is 6.36. The Morgan fingerprint density at radius 1 is 1.00 bits per heavy atom. The number of rotatable bonds is 4. The van der Waals surface area contributed by atoms with Crippen LogP contribution in [0.1, 0.15) is 11.1 Å². The number of ether oxygens (including phenoxy) is 3. The fourth-order valence-electron chi connectivity index (χ4n) is 2.11. The number of hydrogen-bond donors (Lipinski definition) is 1. The van der Waals surface area contributed by atoms with E-state index >= 15 is 0 Å². The van der Waals surface area contributed by atoms with E-state index in [4.69, 9.17) is 19.9 Å². The van der Waals surface area contributed by atoms with E-state index in [1.807, 2.05) is 0 Å². The molecule has 2 aromatic rings. The number of halogens is 2. The number of benzene rings is 2. The molecule has 2 N–H and O–H groups in total. The van der Waals surface area contributed by atoms with Crippen LogP contribution in [0, 0.1) is 11.6 Å². The average Bonchev–Trinajstić information content (AvgIpc) is 2.90. The monoisotopic (exact) mass is 293 g/mol. The molecule has 21 heavy (non-hydrogen) atoms. The van der Waals surface area contributed by atoms with Crippen molar-refractivity contribution in [3.63, 3.8) is 0 Å². The highest BCUT2D eigenvalue weighted by Crippen LogP contribution is 2.38. The van der Waals surface area contributed by atoms with Crippen molar-refractivity contribution < 1.29 is 23.0 Å². The highest BCUT2D eigenvalue weighted by molar-refractivity contribution is 5.51. The van der Waals surface area contributed by atoms with Crippen molar-refractivity contribution in [3.05, 3.63) is 53.1 Å². The topological polar surface area (TPSA) is 53.7 Å². The highest BCUT2D eigenvalue weighted by Gasteiger charge is 2.17. The first-order valence-corrected chi connectivity index (χ1v) is 6.36. The zero-order valence-corrected chi connectivity index (χ0v) is 11.1. The second-order valence-electron chi connectivity index (χ2n) is 4.58. The van der Waals surface area contributed by atoms with Crippen LogP contribution in [0.15, 0.2) is 30.3 Å². The van der Waals surface area contributed by atoms with Gasteiger partial charge in [-0.25, -0.2) is 8.78 Å². The van der Waals surface area contributed by atoms with Crippen LogP contribution in [0.2, 0.25) is 0 Å². The van der Waals surface area contributed by atoms with Crippen molar-refractivity contribution in [3.8, 4) is 17.2 Å². The Balaban J connectivity index is 1.81. The van der Waals surface area contributed by atoms with Gasteiger partial charge in [-0.05, 0) is 23.8 Å². The lowest BCUT2D eigenvalue weighted by atomic mass is 10.1. The third-order valence-electron chi connectivity index (χ3n) is 3.09. The van der Waals surface area contributed by atoms with Crippen LogP contribution in [0.25, 0.3) is 0 Å². The van der Waals surface area contributed by atoms with Crippen molar-refractivity contribution in [2.24, 2.45) is 5.73 Å². The molecule has 0 fully saturated rings. The molecule has 0 amide bonds. The zero-order valence-electron chi connectivity index (χ0n) is 11.1. The van der Waals surface area contributed by atoms with Gasteiger partial charge in [-0.2, -0.15) is 0 Å². The molecule has 0 aromatic heterocycles. The lowest BCUT2D eigenvalue weighted by Crippen LogP contribution is -2.03. The van der Waals surface area contributed by atoms with Crippen LogP contribution in [-0.2, 0) is 13.2 Å². The van der Waals surface area contributed by atoms with Crippen LogP contribution in [0.4, 0.5) is 8.78 Å². The summed E-state index contributed by atoms with van der Waals surface area (Å²) in [5.41, 5.74) is 6.79. The van der Waals surface area contributed by atoms with Gasteiger partial charge in [0.1, 0.15) is 24.0 Å². The summed E-state index contributed by atoms with van der Waals surface area (Å²) >= 11 is 0. The van der Waals surface area contributed by atoms with Gasteiger partial charge in [-0.1, -0.05) is 0 Å². The molecule has 0 saturated carbocycles. The molecule has 0 saturated heterocycles. The summed E-state index contributed by atoms with van der Waals surface area (Å²) in [6.07, 6.45) is 0. The van der Waals surface area contributed by atoms with E-state index in [0.29, 0.717) is 22.8 Å². The summed E-state index contributed by atoms with van der Waals surface area (Å²) in [6, 6.07) is 6.66. The molecular formula is C15H13F2NO3. The smallest absolute Gasteiger partial charge is 0.231 e. The van der Waals surface area contributed by atoms with E-state index in [1.165, 1.54) is 12.1 Å². The summed E-state index contributed by atoms with van der Waals surface area (Å²) in [7, 11) is 0. The molecule has 1 heterocycles. The van der Waals surface area contributed by atoms with Crippen molar-refractivity contribution in [1.82, 2.24) is 0 Å². The molecule has 0 atom stereocenters. The fraction of sp³-hybridized carbons (Fsp3) is 0.200. The van der Waals surface area contributed by atoms with E-state index in [2.05, 4.69) is 0 Å². The first kappa shape index (κ1) is 13.6. The molecule has 6 heteroatoms. The fourth-order valence-corrected chi connectivity index (χ4v) is 2.11. The van der Waals surface area contributed by atoms with Gasteiger partial charge in [0.15, 0.2) is 11.5 Å². The van der Waals surface area contributed by atoms with Gasteiger partial charge in [0.2, 0.25) is 6.79 Å². The quantitative estimate of drug-likeness (QED) is 0.941. The molecule has 110 valence electrons. The summed E-state index contributed by atoms with van der Waals surface area (Å²) < 4.78 is 42.4. The highest BCUT2D eigenvalue weighted by atomic mass is 19.1. The lowest BCUT2D eigenvalue weighted by Gasteiger charge is -2.12. The summed E-state index contributed by atoms with van der Waals surface area (Å²) in [5, 5.41) is 0. The summed E-state index contributed by atoms with van der Waals surface area (Å²) in [5.74, 6) is 0.398. The predicted octanol–water partition coefficient (Wildman–Crippen LogP) is 2.73. The summed E-state index contributed by atoms with van der Waals surface area (Å²) in [4.78, 5) is 0. The van der Waals surface area contributed by atoms with Crippen LogP contribution >= 0.6 is 0 Å². The minimum absolute atomic E-state index is 0.0291. The Hall–Kier alpha value is -2.34. The third-order valence-corrected chi connectivity index (χ3v) is 3.09. The van der Waals surface area contributed by atoms with E-state index < -0.39 is 11.6 Å². The molecule has 3 rings (SSSR count). The van der Waals surface area contributed by atoms with Gasteiger partial charge in [-0.3, -0.25) is 0 Å². The minimum atomic E-state index is -0.640. The number of nitrogens with two attached hydrogens (primary N) is 1. The van der Waals surface area contributed by atoms with Gasteiger partial charge in [0.05, 0.1) is 0 Å². The average molecular weight is 293 g/mol.